The van der Waals surface area contributed by atoms with Crippen LogP contribution in [0.5, 0.6) is 5.75 Å². The molecule has 0 atom stereocenters. The molecule has 0 aliphatic heterocycles. The number of rotatable bonds is 4. The quantitative estimate of drug-likeness (QED) is 0.846. The van der Waals surface area contributed by atoms with Crippen molar-refractivity contribution >= 4 is 23.2 Å². The minimum atomic E-state index is -0.397. The maximum absolute atomic E-state index is 12.0. The van der Waals surface area contributed by atoms with Crippen LogP contribution in [0.1, 0.15) is 32.1 Å². The second kappa shape index (κ2) is 6.83. The van der Waals surface area contributed by atoms with Crippen molar-refractivity contribution < 1.29 is 14.3 Å². The number of fused-ring (bicyclic) bond motifs is 1. The van der Waals surface area contributed by atoms with Crippen molar-refractivity contribution in [2.45, 2.75) is 26.2 Å². The van der Waals surface area contributed by atoms with Crippen LogP contribution < -0.4 is 15.6 Å². The van der Waals surface area contributed by atoms with E-state index >= 15 is 0 Å². The van der Waals surface area contributed by atoms with Crippen LogP contribution in [-0.2, 0) is 17.6 Å². The van der Waals surface area contributed by atoms with Crippen LogP contribution >= 0.6 is 11.3 Å². The molecule has 1 aliphatic rings. The zero-order valence-electron chi connectivity index (χ0n) is 12.8. The second-order valence-corrected chi connectivity index (χ2v) is 6.61. The number of ether oxygens (including phenoxy) is 1. The van der Waals surface area contributed by atoms with Gasteiger partial charge in [0.25, 0.3) is 11.8 Å². The summed E-state index contributed by atoms with van der Waals surface area (Å²) < 4.78 is 5.43. The Labute approximate surface area is 138 Å². The molecule has 3 rings (SSSR count). The SMILES string of the molecule is Cc1ccccc1OCC(=O)NNC(=O)c1cc2c(s1)CCC2. The highest BCUT2D eigenvalue weighted by Gasteiger charge is 2.18. The topological polar surface area (TPSA) is 67.4 Å². The molecule has 1 aliphatic carbocycles. The molecule has 0 bridgehead atoms. The number of hydrazine groups is 1. The van der Waals surface area contributed by atoms with E-state index in [9.17, 15) is 9.59 Å². The van der Waals surface area contributed by atoms with Crippen LogP contribution in [0.3, 0.4) is 0 Å². The number of para-hydroxylation sites is 1. The molecule has 1 aromatic carbocycles. The van der Waals surface area contributed by atoms with E-state index in [2.05, 4.69) is 10.9 Å². The van der Waals surface area contributed by atoms with Crippen LogP contribution in [0.15, 0.2) is 30.3 Å². The molecule has 5 nitrogen and oxygen atoms in total. The predicted molar refractivity (Wildman–Crippen MR) is 88.6 cm³/mol. The number of hydrogen-bond acceptors (Lipinski definition) is 4. The minimum absolute atomic E-state index is 0.147. The first-order valence-electron chi connectivity index (χ1n) is 7.52. The van der Waals surface area contributed by atoms with E-state index in [-0.39, 0.29) is 12.5 Å². The standard InChI is InChI=1S/C17H18N2O3S/c1-11-5-2-3-7-13(11)22-10-16(20)18-19-17(21)15-9-12-6-4-8-14(12)23-15/h2-3,5,7,9H,4,6,8,10H2,1H3,(H,18,20)(H,19,21). The Morgan fingerprint density at radius 3 is 2.83 bits per heavy atom. The molecular formula is C17H18N2O3S. The first kappa shape index (κ1) is 15.6. The van der Waals surface area contributed by atoms with Gasteiger partial charge in [-0.15, -0.1) is 11.3 Å². The first-order valence-corrected chi connectivity index (χ1v) is 8.34. The smallest absolute Gasteiger partial charge is 0.279 e. The molecule has 23 heavy (non-hydrogen) atoms. The molecule has 0 unspecified atom stereocenters. The summed E-state index contributed by atoms with van der Waals surface area (Å²) in [4.78, 5) is 25.7. The fourth-order valence-electron chi connectivity index (χ4n) is 2.53. The lowest BCUT2D eigenvalue weighted by molar-refractivity contribution is -0.123. The average Bonchev–Trinajstić information content (AvgIpc) is 3.13. The predicted octanol–water partition coefficient (Wildman–Crippen LogP) is 2.39. The highest BCUT2D eigenvalue weighted by atomic mass is 32.1. The van der Waals surface area contributed by atoms with E-state index in [1.165, 1.54) is 21.8 Å². The molecule has 0 radical (unpaired) electrons. The van der Waals surface area contributed by atoms with Gasteiger partial charge >= 0.3 is 0 Å². The molecule has 0 fully saturated rings. The maximum Gasteiger partial charge on any atom is 0.279 e. The molecule has 0 saturated carbocycles. The number of carbonyl (C=O) groups excluding carboxylic acids is 2. The van der Waals surface area contributed by atoms with Gasteiger partial charge in [0.15, 0.2) is 6.61 Å². The largest absolute Gasteiger partial charge is 0.483 e. The monoisotopic (exact) mass is 330 g/mol. The zero-order valence-corrected chi connectivity index (χ0v) is 13.7. The number of aryl methyl sites for hydroxylation is 3. The van der Waals surface area contributed by atoms with Crippen molar-refractivity contribution in [3.8, 4) is 5.75 Å². The normalized spacial score (nSPS) is 12.6. The maximum atomic E-state index is 12.0. The van der Waals surface area contributed by atoms with Gasteiger partial charge in [-0.05, 0) is 49.4 Å². The summed E-state index contributed by atoms with van der Waals surface area (Å²) in [7, 11) is 0. The Hall–Kier alpha value is -2.34. The van der Waals surface area contributed by atoms with Crippen molar-refractivity contribution in [1.82, 2.24) is 10.9 Å². The lowest BCUT2D eigenvalue weighted by Crippen LogP contribution is -2.43. The minimum Gasteiger partial charge on any atom is -0.483 e. The second-order valence-electron chi connectivity index (χ2n) is 5.47. The van der Waals surface area contributed by atoms with Crippen LogP contribution in [0.4, 0.5) is 0 Å². The molecule has 0 saturated heterocycles. The Morgan fingerprint density at radius 1 is 1.22 bits per heavy atom. The van der Waals surface area contributed by atoms with Gasteiger partial charge in [0.05, 0.1) is 4.88 Å². The fraction of sp³-hybridized carbons (Fsp3) is 0.294. The van der Waals surface area contributed by atoms with E-state index in [4.69, 9.17) is 4.74 Å². The number of benzene rings is 1. The Kier molecular flexibility index (Phi) is 4.62. The highest BCUT2D eigenvalue weighted by molar-refractivity contribution is 7.14. The summed E-state index contributed by atoms with van der Waals surface area (Å²) in [5.41, 5.74) is 7.02. The molecule has 2 N–H and O–H groups in total. The van der Waals surface area contributed by atoms with Gasteiger partial charge in [0, 0.05) is 4.88 Å². The Balaban J connectivity index is 1.47. The van der Waals surface area contributed by atoms with Gasteiger partial charge < -0.3 is 4.74 Å². The number of nitrogens with one attached hydrogen (secondary N) is 2. The summed E-state index contributed by atoms with van der Waals surface area (Å²) >= 11 is 1.50. The van der Waals surface area contributed by atoms with Gasteiger partial charge in [-0.3, -0.25) is 20.4 Å². The molecule has 2 amide bonds. The summed E-state index contributed by atoms with van der Waals surface area (Å²) in [6, 6.07) is 9.37. The molecule has 1 aromatic heterocycles. The number of amides is 2. The van der Waals surface area contributed by atoms with E-state index in [1.54, 1.807) is 6.07 Å². The van der Waals surface area contributed by atoms with Crippen LogP contribution in [0, 0.1) is 6.92 Å². The summed E-state index contributed by atoms with van der Waals surface area (Å²) in [6.45, 7) is 1.76. The summed E-state index contributed by atoms with van der Waals surface area (Å²) in [6.07, 6.45) is 3.25. The number of thiophene rings is 1. The zero-order chi connectivity index (χ0) is 16.2. The van der Waals surface area contributed by atoms with Crippen molar-refractivity contribution in [3.05, 3.63) is 51.2 Å². The molecule has 120 valence electrons. The van der Waals surface area contributed by atoms with E-state index in [0.29, 0.717) is 10.6 Å². The highest BCUT2D eigenvalue weighted by Crippen LogP contribution is 2.30. The third-order valence-corrected chi connectivity index (χ3v) is 4.97. The van der Waals surface area contributed by atoms with Gasteiger partial charge in [-0.1, -0.05) is 18.2 Å². The van der Waals surface area contributed by atoms with Gasteiger partial charge in [0.1, 0.15) is 5.75 Å². The third kappa shape index (κ3) is 3.71. The lowest BCUT2D eigenvalue weighted by Gasteiger charge is -2.09. The van der Waals surface area contributed by atoms with E-state index in [0.717, 1.165) is 24.8 Å². The third-order valence-electron chi connectivity index (χ3n) is 3.74. The molecular weight excluding hydrogens is 312 g/mol. The van der Waals surface area contributed by atoms with Gasteiger partial charge in [0.2, 0.25) is 0 Å². The van der Waals surface area contributed by atoms with Crippen LogP contribution in [0.25, 0.3) is 0 Å². The fourth-order valence-corrected chi connectivity index (χ4v) is 3.68. The summed E-state index contributed by atoms with van der Waals surface area (Å²) in [5.74, 6) is -0.0250. The first-order chi connectivity index (χ1) is 11.1. The molecule has 1 heterocycles. The van der Waals surface area contributed by atoms with Crippen molar-refractivity contribution in [2.75, 3.05) is 6.61 Å². The van der Waals surface area contributed by atoms with Crippen molar-refractivity contribution in [1.29, 1.82) is 0 Å². The van der Waals surface area contributed by atoms with Crippen molar-refractivity contribution in [3.63, 3.8) is 0 Å². The Bertz CT molecular complexity index is 718. The molecule has 6 heteroatoms. The van der Waals surface area contributed by atoms with Gasteiger partial charge in [-0.25, -0.2) is 0 Å². The molecule has 2 aromatic rings. The Morgan fingerprint density at radius 2 is 2.04 bits per heavy atom. The van der Waals surface area contributed by atoms with E-state index in [1.807, 2.05) is 31.2 Å². The van der Waals surface area contributed by atoms with Gasteiger partial charge in [-0.2, -0.15) is 0 Å². The number of carbonyl (C=O) groups is 2. The number of hydrogen-bond donors (Lipinski definition) is 2. The van der Waals surface area contributed by atoms with Crippen LogP contribution in [-0.4, -0.2) is 18.4 Å². The van der Waals surface area contributed by atoms with Crippen molar-refractivity contribution in [2.24, 2.45) is 0 Å². The molecule has 0 spiro atoms. The summed E-state index contributed by atoms with van der Waals surface area (Å²) in [5, 5.41) is 0. The average molecular weight is 330 g/mol. The van der Waals surface area contributed by atoms with Crippen LogP contribution in [0.2, 0.25) is 0 Å². The van der Waals surface area contributed by atoms with E-state index < -0.39 is 5.91 Å². The lowest BCUT2D eigenvalue weighted by atomic mass is 10.2.